The first kappa shape index (κ1) is 9.54. The highest BCUT2D eigenvalue weighted by atomic mass is 32.1. The summed E-state index contributed by atoms with van der Waals surface area (Å²) in [4.78, 5) is 4.35. The number of piperidine rings is 1. The van der Waals surface area contributed by atoms with Crippen molar-refractivity contribution < 1.29 is 0 Å². The summed E-state index contributed by atoms with van der Waals surface area (Å²) in [6, 6.07) is 2.06. The van der Waals surface area contributed by atoms with Gasteiger partial charge in [0.15, 0.2) is 0 Å². The molecule has 82 valence electrons. The molecule has 3 rings (SSSR count). The topological polar surface area (TPSA) is 49.8 Å². The third-order valence-electron chi connectivity index (χ3n) is 3.33. The van der Waals surface area contributed by atoms with Crippen LogP contribution in [0, 0.1) is 6.92 Å². The Morgan fingerprint density at radius 2 is 2.07 bits per heavy atom. The zero-order chi connectivity index (χ0) is 10.3. The molecule has 3 heterocycles. The minimum Gasteiger partial charge on any atom is -0.357 e. The van der Waals surface area contributed by atoms with Gasteiger partial charge in [-0.3, -0.25) is 0 Å². The van der Waals surface area contributed by atoms with E-state index < -0.39 is 0 Å². The fourth-order valence-electron chi connectivity index (χ4n) is 2.71. The van der Waals surface area contributed by atoms with Gasteiger partial charge < -0.3 is 10.6 Å². The monoisotopic (exact) mass is 224 g/mol. The van der Waals surface area contributed by atoms with Crippen molar-refractivity contribution >= 4 is 16.7 Å². The Balaban J connectivity index is 1.64. The molecule has 2 aliphatic heterocycles. The number of fused-ring (bicyclic) bond motifs is 2. The summed E-state index contributed by atoms with van der Waals surface area (Å²) in [5.41, 5.74) is 0. The summed E-state index contributed by atoms with van der Waals surface area (Å²) in [6.45, 7) is 1.94. The highest BCUT2D eigenvalue weighted by Crippen LogP contribution is 2.28. The zero-order valence-electron chi connectivity index (χ0n) is 8.86. The summed E-state index contributed by atoms with van der Waals surface area (Å²) in [5, 5.41) is 8.13. The van der Waals surface area contributed by atoms with E-state index in [4.69, 9.17) is 0 Å². The van der Waals surface area contributed by atoms with Crippen molar-refractivity contribution in [3.05, 3.63) is 5.82 Å². The maximum absolute atomic E-state index is 4.35. The molecular weight excluding hydrogens is 208 g/mol. The van der Waals surface area contributed by atoms with Crippen molar-refractivity contribution in [1.29, 1.82) is 0 Å². The summed E-state index contributed by atoms with van der Waals surface area (Å²) < 4.78 is 4.19. The van der Waals surface area contributed by atoms with Gasteiger partial charge >= 0.3 is 0 Å². The molecule has 2 bridgehead atoms. The molecule has 2 atom stereocenters. The maximum atomic E-state index is 4.35. The van der Waals surface area contributed by atoms with E-state index in [0.717, 1.165) is 23.0 Å². The van der Waals surface area contributed by atoms with E-state index in [1.165, 1.54) is 37.2 Å². The van der Waals surface area contributed by atoms with Crippen molar-refractivity contribution in [2.75, 3.05) is 5.32 Å². The maximum Gasteiger partial charge on any atom is 0.202 e. The number of hydrogen-bond acceptors (Lipinski definition) is 5. The van der Waals surface area contributed by atoms with Crippen LogP contribution < -0.4 is 10.6 Å². The van der Waals surface area contributed by atoms with Gasteiger partial charge in [0.1, 0.15) is 5.82 Å². The van der Waals surface area contributed by atoms with Crippen LogP contribution in [0.3, 0.4) is 0 Å². The van der Waals surface area contributed by atoms with Gasteiger partial charge in [-0.2, -0.15) is 4.37 Å². The molecule has 2 aliphatic rings. The lowest BCUT2D eigenvalue weighted by Crippen LogP contribution is -2.43. The first-order chi connectivity index (χ1) is 7.29. The summed E-state index contributed by atoms with van der Waals surface area (Å²) in [6.07, 6.45) is 5.15. The number of aryl methyl sites for hydroxylation is 1. The molecule has 0 aliphatic carbocycles. The Kier molecular flexibility index (Phi) is 2.36. The largest absolute Gasteiger partial charge is 0.357 e. The number of hydrogen-bond donors (Lipinski definition) is 2. The molecule has 0 amide bonds. The minimum absolute atomic E-state index is 0.594. The smallest absolute Gasteiger partial charge is 0.202 e. The quantitative estimate of drug-likeness (QED) is 0.800. The van der Waals surface area contributed by atoms with E-state index >= 15 is 0 Å². The number of nitrogens with zero attached hydrogens (tertiary/aromatic N) is 2. The molecule has 1 aromatic rings. The average molecular weight is 224 g/mol. The Labute approximate surface area is 93.7 Å². The van der Waals surface area contributed by atoms with Crippen molar-refractivity contribution in [3.8, 4) is 0 Å². The van der Waals surface area contributed by atoms with Gasteiger partial charge in [-0.25, -0.2) is 4.98 Å². The predicted octanol–water partition coefficient (Wildman–Crippen LogP) is 1.54. The van der Waals surface area contributed by atoms with Crippen molar-refractivity contribution in [1.82, 2.24) is 14.7 Å². The van der Waals surface area contributed by atoms with Gasteiger partial charge in [-0.05, 0) is 32.6 Å². The van der Waals surface area contributed by atoms with E-state index in [9.17, 15) is 0 Å². The van der Waals surface area contributed by atoms with Crippen LogP contribution in [0.15, 0.2) is 0 Å². The van der Waals surface area contributed by atoms with E-state index in [1.54, 1.807) is 0 Å². The first-order valence-corrected chi connectivity index (χ1v) is 6.40. The number of anilines is 1. The molecule has 2 saturated heterocycles. The van der Waals surface area contributed by atoms with E-state index in [-0.39, 0.29) is 0 Å². The van der Waals surface area contributed by atoms with Crippen molar-refractivity contribution in [2.45, 2.75) is 50.7 Å². The second kappa shape index (κ2) is 3.72. The lowest BCUT2D eigenvalue weighted by molar-refractivity contribution is 0.378. The van der Waals surface area contributed by atoms with Crippen molar-refractivity contribution in [2.24, 2.45) is 0 Å². The van der Waals surface area contributed by atoms with E-state index in [0.29, 0.717) is 6.04 Å². The average Bonchev–Trinajstić information content (AvgIpc) is 2.74. The predicted molar refractivity (Wildman–Crippen MR) is 61.2 cm³/mol. The van der Waals surface area contributed by atoms with Gasteiger partial charge in [0, 0.05) is 29.7 Å². The Bertz CT molecular complexity index is 339. The summed E-state index contributed by atoms with van der Waals surface area (Å²) in [5.74, 6) is 0.874. The molecular formula is C10H16N4S. The third-order valence-corrected chi connectivity index (χ3v) is 4.07. The van der Waals surface area contributed by atoms with Crippen LogP contribution in [-0.2, 0) is 0 Å². The van der Waals surface area contributed by atoms with Gasteiger partial charge in [-0.15, -0.1) is 0 Å². The SMILES string of the molecule is Cc1nsc(NC2CC3CCC(C2)N3)n1. The highest BCUT2D eigenvalue weighted by molar-refractivity contribution is 7.09. The normalized spacial score (nSPS) is 34.3. The van der Waals surface area contributed by atoms with E-state index in [1.807, 2.05) is 6.92 Å². The third kappa shape index (κ3) is 1.99. The summed E-state index contributed by atoms with van der Waals surface area (Å²) >= 11 is 1.47. The molecule has 1 aromatic heterocycles. The Morgan fingerprint density at radius 1 is 1.33 bits per heavy atom. The van der Waals surface area contributed by atoms with Crippen molar-refractivity contribution in [3.63, 3.8) is 0 Å². The zero-order valence-corrected chi connectivity index (χ0v) is 9.68. The van der Waals surface area contributed by atoms with Crippen LogP contribution in [-0.4, -0.2) is 27.5 Å². The molecule has 0 radical (unpaired) electrons. The number of rotatable bonds is 2. The lowest BCUT2D eigenvalue weighted by atomic mass is 10.0. The molecule has 2 fully saturated rings. The van der Waals surface area contributed by atoms with Crippen LogP contribution >= 0.6 is 11.5 Å². The first-order valence-electron chi connectivity index (χ1n) is 5.62. The number of aromatic nitrogens is 2. The molecule has 2 N–H and O–H groups in total. The van der Waals surface area contributed by atoms with Gasteiger partial charge in [0.25, 0.3) is 0 Å². The minimum atomic E-state index is 0.594. The lowest BCUT2D eigenvalue weighted by Gasteiger charge is -2.29. The number of nitrogens with one attached hydrogen (secondary N) is 2. The second-order valence-electron chi connectivity index (χ2n) is 4.60. The molecule has 15 heavy (non-hydrogen) atoms. The molecule has 4 nitrogen and oxygen atoms in total. The van der Waals surface area contributed by atoms with Crippen LogP contribution in [0.4, 0.5) is 5.13 Å². The molecule has 2 unspecified atom stereocenters. The van der Waals surface area contributed by atoms with Gasteiger partial charge in [0.2, 0.25) is 5.13 Å². The fraction of sp³-hybridized carbons (Fsp3) is 0.800. The molecule has 5 heteroatoms. The Morgan fingerprint density at radius 3 is 2.67 bits per heavy atom. The molecule has 0 aromatic carbocycles. The van der Waals surface area contributed by atoms with Crippen LogP contribution in [0.25, 0.3) is 0 Å². The van der Waals surface area contributed by atoms with Crippen LogP contribution in [0.2, 0.25) is 0 Å². The fourth-order valence-corrected chi connectivity index (χ4v) is 3.36. The molecule has 0 saturated carbocycles. The second-order valence-corrected chi connectivity index (χ2v) is 5.35. The van der Waals surface area contributed by atoms with E-state index in [2.05, 4.69) is 20.0 Å². The van der Waals surface area contributed by atoms with Gasteiger partial charge in [0.05, 0.1) is 0 Å². The van der Waals surface area contributed by atoms with Crippen LogP contribution in [0.1, 0.15) is 31.5 Å². The highest BCUT2D eigenvalue weighted by Gasteiger charge is 2.33. The standard InChI is InChI=1S/C10H16N4S/c1-6-11-10(15-14-6)13-9-4-7-2-3-8(5-9)12-7/h7-9,12H,2-5H2,1H3,(H,11,13,14). The molecule has 0 spiro atoms. The van der Waals surface area contributed by atoms with Crippen LogP contribution in [0.5, 0.6) is 0 Å². The Hall–Kier alpha value is -0.680. The summed E-state index contributed by atoms with van der Waals surface area (Å²) in [7, 11) is 0. The van der Waals surface area contributed by atoms with Gasteiger partial charge in [-0.1, -0.05) is 0 Å².